The molecule has 1 aliphatic heterocycles. The van der Waals surface area contributed by atoms with Gasteiger partial charge in [0.15, 0.2) is 5.82 Å². The van der Waals surface area contributed by atoms with Gasteiger partial charge in [-0.1, -0.05) is 24.6 Å². The van der Waals surface area contributed by atoms with E-state index < -0.39 is 0 Å². The second kappa shape index (κ2) is 8.27. The number of fused-ring (bicyclic) bond motifs is 4. The van der Waals surface area contributed by atoms with Crippen molar-refractivity contribution >= 4 is 38.7 Å². The van der Waals surface area contributed by atoms with E-state index in [4.69, 9.17) is 9.97 Å². The smallest absolute Gasteiger partial charge is 0.163 e. The van der Waals surface area contributed by atoms with Gasteiger partial charge in [-0.05, 0) is 56.3 Å². The Labute approximate surface area is 204 Å². The minimum atomic E-state index is 0.430. The van der Waals surface area contributed by atoms with Crippen LogP contribution in [-0.4, -0.2) is 51.1 Å². The van der Waals surface area contributed by atoms with Crippen LogP contribution in [0.3, 0.4) is 0 Å². The first kappa shape index (κ1) is 20.8. The summed E-state index contributed by atoms with van der Waals surface area (Å²) in [6.45, 7) is 1.97. The number of nitrogens with one attached hydrogen (secondary N) is 2. The van der Waals surface area contributed by atoms with Crippen molar-refractivity contribution in [2.75, 3.05) is 25.0 Å². The van der Waals surface area contributed by atoms with Gasteiger partial charge in [0.05, 0.1) is 11.7 Å². The summed E-state index contributed by atoms with van der Waals surface area (Å²) >= 11 is 0. The maximum atomic E-state index is 5.34. The van der Waals surface area contributed by atoms with Crippen LogP contribution in [0.5, 0.6) is 0 Å². The minimum absolute atomic E-state index is 0.430. The second-order valence-electron chi connectivity index (χ2n) is 9.92. The number of anilines is 1. The molecule has 1 atom stereocenters. The van der Waals surface area contributed by atoms with Crippen molar-refractivity contribution in [3.8, 4) is 11.4 Å². The average molecular weight is 464 g/mol. The van der Waals surface area contributed by atoms with Crippen LogP contribution in [0.25, 0.3) is 44.2 Å². The number of likely N-dealkylation sites (N-methyl/N-ethyl adjacent to an activating group) is 1. The molecule has 0 bridgehead atoms. The van der Waals surface area contributed by atoms with Gasteiger partial charge in [0.1, 0.15) is 11.5 Å². The first-order valence-electron chi connectivity index (χ1n) is 12.7. The Balaban J connectivity index is 1.50. The molecule has 7 nitrogen and oxygen atoms in total. The Kier molecular flexibility index (Phi) is 4.91. The number of rotatable bonds is 5. The Hall–Kier alpha value is -3.58. The van der Waals surface area contributed by atoms with Crippen molar-refractivity contribution in [2.24, 2.45) is 0 Å². The molecule has 7 heteroatoms. The quantitative estimate of drug-likeness (QED) is 0.374. The fourth-order valence-corrected chi connectivity index (χ4v) is 5.96. The van der Waals surface area contributed by atoms with Gasteiger partial charge < -0.3 is 15.2 Å². The van der Waals surface area contributed by atoms with Crippen LogP contribution in [-0.2, 0) is 0 Å². The van der Waals surface area contributed by atoms with Crippen molar-refractivity contribution in [3.63, 3.8) is 0 Å². The molecule has 1 unspecified atom stereocenters. The van der Waals surface area contributed by atoms with E-state index in [1.807, 2.05) is 31.6 Å². The number of aromatic nitrogens is 5. The number of nitrogens with zero attached hydrogens (tertiary/aromatic N) is 5. The van der Waals surface area contributed by atoms with Crippen LogP contribution in [0.2, 0.25) is 0 Å². The molecule has 0 amide bonds. The lowest BCUT2D eigenvalue weighted by Crippen LogP contribution is -2.37. The molecular formula is C28H29N7. The fraction of sp³-hybridized carbons (Fsp3) is 0.357. The molecule has 4 aromatic heterocycles. The molecule has 5 heterocycles. The van der Waals surface area contributed by atoms with Crippen LogP contribution < -0.4 is 10.2 Å². The van der Waals surface area contributed by atoms with Gasteiger partial charge >= 0.3 is 0 Å². The Bertz CT molecular complexity index is 1550. The van der Waals surface area contributed by atoms with Crippen LogP contribution in [0, 0.1) is 0 Å². The molecule has 1 saturated carbocycles. The van der Waals surface area contributed by atoms with Crippen LogP contribution in [0.15, 0.2) is 48.9 Å². The molecule has 5 aromatic rings. The van der Waals surface area contributed by atoms with Gasteiger partial charge in [-0.15, -0.1) is 0 Å². The zero-order valence-corrected chi connectivity index (χ0v) is 20.0. The highest BCUT2D eigenvalue weighted by molar-refractivity contribution is 6.12. The first-order chi connectivity index (χ1) is 17.3. The number of para-hydroxylation sites is 1. The number of benzene rings is 1. The molecule has 0 radical (unpaired) electrons. The topological polar surface area (TPSA) is 82.6 Å². The summed E-state index contributed by atoms with van der Waals surface area (Å²) in [5.74, 6) is 2.37. The summed E-state index contributed by atoms with van der Waals surface area (Å²) in [6.07, 6.45) is 11.9. The fourth-order valence-electron chi connectivity index (χ4n) is 5.96. The van der Waals surface area contributed by atoms with Crippen molar-refractivity contribution in [2.45, 2.75) is 44.1 Å². The van der Waals surface area contributed by atoms with E-state index >= 15 is 0 Å². The molecule has 2 aliphatic rings. The van der Waals surface area contributed by atoms with E-state index in [9.17, 15) is 0 Å². The van der Waals surface area contributed by atoms with Gasteiger partial charge in [-0.2, -0.15) is 0 Å². The molecule has 2 fully saturated rings. The molecule has 1 aromatic carbocycles. The summed E-state index contributed by atoms with van der Waals surface area (Å²) in [5.41, 5.74) is 5.20. The zero-order valence-electron chi connectivity index (χ0n) is 20.0. The summed E-state index contributed by atoms with van der Waals surface area (Å²) in [4.78, 5) is 25.7. The molecule has 2 N–H and O–H groups in total. The average Bonchev–Trinajstić information content (AvgIpc) is 3.47. The van der Waals surface area contributed by atoms with E-state index in [2.05, 4.69) is 49.6 Å². The molecule has 176 valence electrons. The highest BCUT2D eigenvalue weighted by Crippen LogP contribution is 2.43. The van der Waals surface area contributed by atoms with E-state index in [-0.39, 0.29) is 0 Å². The van der Waals surface area contributed by atoms with Crippen molar-refractivity contribution in [1.82, 2.24) is 30.2 Å². The molecule has 0 spiro atoms. The predicted molar refractivity (Wildman–Crippen MR) is 141 cm³/mol. The number of pyridine rings is 2. The van der Waals surface area contributed by atoms with Crippen molar-refractivity contribution < 1.29 is 0 Å². The number of hydrogen-bond donors (Lipinski definition) is 2. The van der Waals surface area contributed by atoms with Crippen LogP contribution in [0.4, 0.5) is 5.82 Å². The molecular weight excluding hydrogens is 434 g/mol. The van der Waals surface area contributed by atoms with Crippen LogP contribution in [0.1, 0.15) is 43.6 Å². The maximum Gasteiger partial charge on any atom is 0.163 e. The normalized spacial score (nSPS) is 18.7. The van der Waals surface area contributed by atoms with Gasteiger partial charge in [0, 0.05) is 58.8 Å². The van der Waals surface area contributed by atoms with E-state index in [1.54, 1.807) is 0 Å². The van der Waals surface area contributed by atoms with Gasteiger partial charge in [0.2, 0.25) is 0 Å². The molecule has 35 heavy (non-hydrogen) atoms. The number of H-pyrrole nitrogens is 1. The largest absolute Gasteiger partial charge is 0.352 e. The lowest BCUT2D eigenvalue weighted by atomic mass is 9.79. The summed E-state index contributed by atoms with van der Waals surface area (Å²) < 4.78 is 0. The number of hydrogen-bond acceptors (Lipinski definition) is 6. The van der Waals surface area contributed by atoms with E-state index in [0.717, 1.165) is 57.7 Å². The monoisotopic (exact) mass is 463 g/mol. The lowest BCUT2D eigenvalue weighted by molar-refractivity contribution is 0.421. The van der Waals surface area contributed by atoms with Crippen LogP contribution >= 0.6 is 0 Å². The van der Waals surface area contributed by atoms with Crippen molar-refractivity contribution in [3.05, 3.63) is 54.5 Å². The predicted octanol–water partition coefficient (Wildman–Crippen LogP) is 5.18. The Morgan fingerprint density at radius 3 is 2.80 bits per heavy atom. The van der Waals surface area contributed by atoms with Gasteiger partial charge in [-0.25, -0.2) is 15.0 Å². The third-order valence-corrected chi connectivity index (χ3v) is 7.89. The zero-order chi connectivity index (χ0) is 23.4. The third kappa shape index (κ3) is 3.29. The Morgan fingerprint density at radius 1 is 1.03 bits per heavy atom. The molecule has 1 aliphatic carbocycles. The maximum absolute atomic E-state index is 5.34. The molecule has 7 rings (SSSR count). The summed E-state index contributed by atoms with van der Waals surface area (Å²) in [7, 11) is 2.04. The van der Waals surface area contributed by atoms with Gasteiger partial charge in [0.25, 0.3) is 0 Å². The van der Waals surface area contributed by atoms with Crippen molar-refractivity contribution in [1.29, 1.82) is 0 Å². The number of aromatic amines is 1. The summed E-state index contributed by atoms with van der Waals surface area (Å²) in [6, 6.07) is 10.8. The van der Waals surface area contributed by atoms with E-state index in [1.165, 1.54) is 43.1 Å². The first-order valence-corrected chi connectivity index (χ1v) is 12.7. The highest BCUT2D eigenvalue weighted by atomic mass is 15.3. The second-order valence-corrected chi connectivity index (χ2v) is 9.92. The SMILES string of the molecule is CNCC1CCCN1c1nc(-c2ccnc3[nH]c4ccccc4c23)nc2cncc(C3CCC3)c12. The third-order valence-electron chi connectivity index (χ3n) is 7.89. The molecule has 1 saturated heterocycles. The van der Waals surface area contributed by atoms with Gasteiger partial charge in [-0.3, -0.25) is 4.98 Å². The van der Waals surface area contributed by atoms with E-state index in [0.29, 0.717) is 12.0 Å². The minimum Gasteiger partial charge on any atom is -0.352 e. The lowest BCUT2D eigenvalue weighted by Gasteiger charge is -2.31. The summed E-state index contributed by atoms with van der Waals surface area (Å²) in [5, 5.41) is 6.81. The highest BCUT2D eigenvalue weighted by Gasteiger charge is 2.31. The standard InChI is InChI=1S/C28H29N7/c1-29-14-18-8-5-13-35(18)28-25-21(17-6-4-7-17)15-30-16-23(25)33-26(34-28)20-11-12-31-27-24(20)19-9-2-3-10-22(19)32-27/h2-3,9-12,15-18,29H,4-8,13-14H2,1H3,(H,31,32). The Morgan fingerprint density at radius 2 is 1.94 bits per heavy atom.